The summed E-state index contributed by atoms with van der Waals surface area (Å²) in [4.78, 5) is 11.5. The van der Waals surface area contributed by atoms with Crippen molar-refractivity contribution in [1.29, 1.82) is 0 Å². The summed E-state index contributed by atoms with van der Waals surface area (Å²) in [6.07, 6.45) is 14.7. The van der Waals surface area contributed by atoms with Crippen molar-refractivity contribution >= 4 is 5.97 Å². The smallest absolute Gasteiger partial charge is 0.330 e. The molecule has 0 spiro atoms. The van der Waals surface area contributed by atoms with Gasteiger partial charge in [-0.05, 0) is 26.2 Å². The topological polar surface area (TPSA) is 46.5 Å². The van der Waals surface area contributed by atoms with Gasteiger partial charge in [-0.25, -0.2) is 4.79 Å². The van der Waals surface area contributed by atoms with Gasteiger partial charge in [0, 0.05) is 17.9 Å². The van der Waals surface area contributed by atoms with Crippen molar-refractivity contribution in [3.05, 3.63) is 24.8 Å². The van der Waals surface area contributed by atoms with Crippen LogP contribution in [0.1, 0.15) is 45.4 Å². The fraction of sp³-hybridized carbons (Fsp3) is 0.588. The molecule has 0 radical (unpaired) electrons. The lowest BCUT2D eigenvalue weighted by atomic mass is 9.60. The molecule has 0 amide bonds. The Labute approximate surface area is 121 Å². The van der Waals surface area contributed by atoms with E-state index in [9.17, 15) is 9.90 Å². The fourth-order valence-electron chi connectivity index (χ4n) is 3.05. The van der Waals surface area contributed by atoms with Crippen LogP contribution in [0.15, 0.2) is 24.8 Å². The maximum Gasteiger partial charge on any atom is 0.330 e. The van der Waals surface area contributed by atoms with E-state index in [0.717, 1.165) is 19.3 Å². The summed E-state index contributed by atoms with van der Waals surface area (Å²) in [5, 5.41) is 11.0. The van der Waals surface area contributed by atoms with Gasteiger partial charge in [0.2, 0.25) is 0 Å². The van der Waals surface area contributed by atoms with E-state index in [1.54, 1.807) is 19.1 Å². The van der Waals surface area contributed by atoms with Gasteiger partial charge in [0.25, 0.3) is 0 Å². The van der Waals surface area contributed by atoms with Crippen molar-refractivity contribution in [2.45, 2.75) is 51.0 Å². The Bertz CT molecular complexity index is 418. The molecule has 3 nitrogen and oxygen atoms in total. The normalized spacial score (nSPS) is 29.9. The van der Waals surface area contributed by atoms with Crippen LogP contribution in [0.25, 0.3) is 0 Å². The molecule has 2 atom stereocenters. The largest absolute Gasteiger partial charge is 0.463 e. The number of esters is 1. The van der Waals surface area contributed by atoms with Crippen molar-refractivity contribution in [2.24, 2.45) is 5.41 Å². The number of ether oxygens (including phenoxy) is 1. The highest BCUT2D eigenvalue weighted by molar-refractivity contribution is 5.82. The lowest BCUT2D eigenvalue weighted by molar-refractivity contribution is -0.137. The van der Waals surface area contributed by atoms with Gasteiger partial charge in [0.05, 0.1) is 12.2 Å². The van der Waals surface area contributed by atoms with Gasteiger partial charge in [0.15, 0.2) is 0 Å². The van der Waals surface area contributed by atoms with Gasteiger partial charge < -0.3 is 9.84 Å². The molecular formula is C17H24O3. The number of terminal acetylenes is 1. The third-order valence-corrected chi connectivity index (χ3v) is 4.12. The first kappa shape index (κ1) is 16.5. The Hall–Kier alpha value is -1.53. The summed E-state index contributed by atoms with van der Waals surface area (Å²) in [6.45, 7) is 5.88. The van der Waals surface area contributed by atoms with Crippen molar-refractivity contribution < 1.29 is 14.6 Å². The second-order valence-corrected chi connectivity index (χ2v) is 5.35. The van der Waals surface area contributed by atoms with Crippen molar-refractivity contribution in [3.63, 3.8) is 0 Å². The van der Waals surface area contributed by atoms with E-state index in [-0.39, 0.29) is 12.4 Å². The minimum Gasteiger partial charge on any atom is -0.463 e. The second kappa shape index (κ2) is 7.31. The molecule has 0 aromatic carbocycles. The van der Waals surface area contributed by atoms with Crippen LogP contribution < -0.4 is 0 Å². The number of hydrogen-bond donors (Lipinski definition) is 1. The fourth-order valence-corrected chi connectivity index (χ4v) is 3.05. The van der Waals surface area contributed by atoms with Crippen molar-refractivity contribution in [2.75, 3.05) is 6.61 Å². The zero-order valence-electron chi connectivity index (χ0n) is 12.2. The Morgan fingerprint density at radius 2 is 2.20 bits per heavy atom. The lowest BCUT2D eigenvalue weighted by Gasteiger charge is -2.48. The molecule has 3 heteroatoms. The van der Waals surface area contributed by atoms with Gasteiger partial charge >= 0.3 is 5.97 Å². The molecule has 0 aromatic heterocycles. The third kappa shape index (κ3) is 3.52. The first-order chi connectivity index (χ1) is 9.53. The molecule has 0 aliphatic heterocycles. The summed E-state index contributed by atoms with van der Waals surface area (Å²) < 4.78 is 4.91. The van der Waals surface area contributed by atoms with Gasteiger partial charge in [-0.1, -0.05) is 25.0 Å². The molecule has 1 fully saturated rings. The minimum atomic E-state index is -0.975. The van der Waals surface area contributed by atoms with E-state index in [2.05, 4.69) is 12.5 Å². The SMILES string of the molecule is C#CC[C@]1(O)CCCC[C@@]1(/C=C/C(=O)OCC)CC=C. The van der Waals surface area contributed by atoms with E-state index < -0.39 is 11.0 Å². The van der Waals surface area contributed by atoms with Gasteiger partial charge in [0.1, 0.15) is 0 Å². The van der Waals surface area contributed by atoms with E-state index in [1.807, 2.05) is 0 Å². The number of rotatable bonds is 6. The lowest BCUT2D eigenvalue weighted by Crippen LogP contribution is -2.49. The number of allylic oxidation sites excluding steroid dienone is 1. The summed E-state index contributed by atoms with van der Waals surface area (Å²) in [7, 11) is 0. The van der Waals surface area contributed by atoms with Crippen molar-refractivity contribution in [1.82, 2.24) is 0 Å². The summed E-state index contributed by atoms with van der Waals surface area (Å²) in [6, 6.07) is 0. The molecular weight excluding hydrogens is 252 g/mol. The first-order valence-electron chi connectivity index (χ1n) is 7.16. The number of carbonyl (C=O) groups is 1. The van der Waals surface area contributed by atoms with Gasteiger partial charge in [-0.3, -0.25) is 0 Å². The number of hydrogen-bond acceptors (Lipinski definition) is 3. The summed E-state index contributed by atoms with van der Waals surface area (Å²) >= 11 is 0. The summed E-state index contributed by atoms with van der Waals surface area (Å²) in [5.41, 5.74) is -1.50. The van der Waals surface area contributed by atoms with Crippen molar-refractivity contribution in [3.8, 4) is 12.3 Å². The van der Waals surface area contributed by atoms with E-state index >= 15 is 0 Å². The number of carbonyl (C=O) groups excluding carboxylic acids is 1. The second-order valence-electron chi connectivity index (χ2n) is 5.35. The highest BCUT2D eigenvalue weighted by Crippen LogP contribution is 2.50. The Morgan fingerprint density at radius 3 is 2.80 bits per heavy atom. The molecule has 0 aromatic rings. The molecule has 20 heavy (non-hydrogen) atoms. The maximum atomic E-state index is 11.5. The first-order valence-corrected chi connectivity index (χ1v) is 7.16. The standard InChI is InChI=1S/C17H24O3/c1-4-10-16(14-9-15(18)20-6-3)12-7-8-13-17(16,19)11-5-2/h2,4,9,14,19H,1,6-8,10-13H2,3H3/b14-9+/t16-,17+/m1/s1. The molecule has 0 saturated heterocycles. The Kier molecular flexibility index (Phi) is 6.04. The Balaban J connectivity index is 3.06. The summed E-state index contributed by atoms with van der Waals surface area (Å²) in [5.74, 6) is 2.18. The predicted octanol–water partition coefficient (Wildman–Crippen LogP) is 3.00. The molecule has 1 saturated carbocycles. The Morgan fingerprint density at radius 1 is 1.50 bits per heavy atom. The molecule has 110 valence electrons. The van der Waals surface area contributed by atoms with Crippen LogP contribution in [0.4, 0.5) is 0 Å². The average molecular weight is 276 g/mol. The van der Waals surface area contributed by atoms with E-state index in [0.29, 0.717) is 19.4 Å². The number of aliphatic hydroxyl groups is 1. The van der Waals surface area contributed by atoms with Gasteiger partial charge in [-0.2, -0.15) is 0 Å². The zero-order chi connectivity index (χ0) is 15.1. The van der Waals surface area contributed by atoms with Crippen LogP contribution in [-0.4, -0.2) is 23.3 Å². The maximum absolute atomic E-state index is 11.5. The van der Waals surface area contributed by atoms with Crippen LogP contribution in [0, 0.1) is 17.8 Å². The highest BCUT2D eigenvalue weighted by Gasteiger charge is 2.48. The van der Waals surface area contributed by atoms with Crippen LogP contribution in [-0.2, 0) is 9.53 Å². The quantitative estimate of drug-likeness (QED) is 0.351. The molecule has 0 bridgehead atoms. The minimum absolute atomic E-state index is 0.286. The molecule has 1 aliphatic carbocycles. The monoisotopic (exact) mass is 276 g/mol. The van der Waals surface area contributed by atoms with E-state index in [4.69, 9.17) is 11.2 Å². The van der Waals surface area contributed by atoms with E-state index in [1.165, 1.54) is 6.08 Å². The predicted molar refractivity (Wildman–Crippen MR) is 79.9 cm³/mol. The molecule has 1 aliphatic rings. The molecule has 0 unspecified atom stereocenters. The molecule has 1 N–H and O–H groups in total. The van der Waals surface area contributed by atoms with Crippen LogP contribution in [0.2, 0.25) is 0 Å². The third-order valence-electron chi connectivity index (χ3n) is 4.12. The molecule has 1 rings (SSSR count). The van der Waals surface area contributed by atoms with Crippen LogP contribution >= 0.6 is 0 Å². The molecule has 0 heterocycles. The van der Waals surface area contributed by atoms with Crippen LogP contribution in [0.3, 0.4) is 0 Å². The van der Waals surface area contributed by atoms with Gasteiger partial charge in [-0.15, -0.1) is 18.9 Å². The van der Waals surface area contributed by atoms with Crippen LogP contribution in [0.5, 0.6) is 0 Å². The zero-order valence-corrected chi connectivity index (χ0v) is 12.2. The highest BCUT2D eigenvalue weighted by atomic mass is 16.5. The average Bonchev–Trinajstić information content (AvgIpc) is 2.41.